The zero-order valence-corrected chi connectivity index (χ0v) is 16.4. The molecule has 3 rings (SSSR count). The Balaban J connectivity index is 1.66. The second-order valence-corrected chi connectivity index (χ2v) is 8.38. The lowest BCUT2D eigenvalue weighted by molar-refractivity contribution is 0.0730. The van der Waals surface area contributed by atoms with Gasteiger partial charge in [-0.2, -0.15) is 4.31 Å². The molecule has 0 spiro atoms. The van der Waals surface area contributed by atoms with Gasteiger partial charge in [-0.25, -0.2) is 12.8 Å². The van der Waals surface area contributed by atoms with Gasteiger partial charge in [-0.15, -0.1) is 0 Å². The van der Waals surface area contributed by atoms with Crippen LogP contribution in [-0.2, 0) is 14.8 Å². The average Bonchev–Trinajstić information content (AvgIpc) is 2.66. The van der Waals surface area contributed by atoms with Gasteiger partial charge in [0.15, 0.2) is 5.11 Å². The summed E-state index contributed by atoms with van der Waals surface area (Å²) in [6, 6.07) is 11.0. The van der Waals surface area contributed by atoms with Crippen molar-refractivity contribution in [2.75, 3.05) is 36.9 Å². The Morgan fingerprint density at radius 2 is 1.78 bits per heavy atom. The Morgan fingerprint density at radius 3 is 2.44 bits per heavy atom. The van der Waals surface area contributed by atoms with E-state index in [1.807, 2.05) is 0 Å². The standard InChI is InChI=1S/C18H20FN3O3S2/c1-13-16(19)3-2-4-17(13)21-18(26)20-14-5-7-15(8-6-14)27(23,24)22-9-11-25-12-10-22/h2-8H,9-12H2,1H3,(H2,20,21,26). The molecule has 1 aliphatic heterocycles. The lowest BCUT2D eigenvalue weighted by Gasteiger charge is -2.26. The maximum Gasteiger partial charge on any atom is 0.243 e. The molecule has 1 aliphatic rings. The lowest BCUT2D eigenvalue weighted by Crippen LogP contribution is -2.40. The molecule has 0 aliphatic carbocycles. The molecule has 27 heavy (non-hydrogen) atoms. The van der Waals surface area contributed by atoms with E-state index in [0.717, 1.165) is 0 Å². The zero-order chi connectivity index (χ0) is 19.4. The van der Waals surface area contributed by atoms with Gasteiger partial charge in [0.25, 0.3) is 0 Å². The van der Waals surface area contributed by atoms with Gasteiger partial charge in [-0.3, -0.25) is 0 Å². The van der Waals surface area contributed by atoms with Crippen LogP contribution in [0.2, 0.25) is 0 Å². The van der Waals surface area contributed by atoms with Crippen molar-refractivity contribution in [1.29, 1.82) is 0 Å². The van der Waals surface area contributed by atoms with Crippen molar-refractivity contribution >= 4 is 38.7 Å². The number of benzene rings is 2. The summed E-state index contributed by atoms with van der Waals surface area (Å²) in [7, 11) is -3.53. The van der Waals surface area contributed by atoms with Crippen molar-refractivity contribution in [3.8, 4) is 0 Å². The third-order valence-electron chi connectivity index (χ3n) is 4.24. The minimum atomic E-state index is -3.53. The molecule has 9 heteroatoms. The number of anilines is 2. The Kier molecular flexibility index (Phi) is 6.05. The van der Waals surface area contributed by atoms with Crippen LogP contribution < -0.4 is 10.6 Å². The van der Waals surface area contributed by atoms with Crippen LogP contribution in [-0.4, -0.2) is 44.1 Å². The van der Waals surface area contributed by atoms with E-state index in [9.17, 15) is 12.8 Å². The van der Waals surface area contributed by atoms with Crippen LogP contribution in [0.1, 0.15) is 5.56 Å². The van der Waals surface area contributed by atoms with Crippen molar-refractivity contribution in [2.45, 2.75) is 11.8 Å². The molecule has 2 aromatic rings. The maximum absolute atomic E-state index is 13.6. The number of halogens is 1. The Labute approximate surface area is 163 Å². The third-order valence-corrected chi connectivity index (χ3v) is 6.35. The van der Waals surface area contributed by atoms with Crippen LogP contribution in [0.4, 0.5) is 15.8 Å². The van der Waals surface area contributed by atoms with Crippen LogP contribution in [0.3, 0.4) is 0 Å². The number of thiocarbonyl (C=S) groups is 1. The maximum atomic E-state index is 13.6. The van der Waals surface area contributed by atoms with Gasteiger partial charge >= 0.3 is 0 Å². The van der Waals surface area contributed by atoms with Crippen LogP contribution in [0.25, 0.3) is 0 Å². The zero-order valence-electron chi connectivity index (χ0n) is 14.7. The molecule has 2 aromatic carbocycles. The molecule has 1 fully saturated rings. The fourth-order valence-corrected chi connectivity index (χ4v) is 4.31. The quantitative estimate of drug-likeness (QED) is 0.757. The molecule has 0 amide bonds. The highest BCUT2D eigenvalue weighted by Crippen LogP contribution is 2.21. The first-order valence-corrected chi connectivity index (χ1v) is 10.2. The molecule has 1 saturated heterocycles. The molecular weight excluding hydrogens is 389 g/mol. The Hall–Kier alpha value is -2.07. The van der Waals surface area contributed by atoms with Crippen LogP contribution >= 0.6 is 12.2 Å². The number of sulfonamides is 1. The summed E-state index contributed by atoms with van der Waals surface area (Å²) < 4.78 is 45.4. The largest absolute Gasteiger partial charge is 0.379 e. The highest BCUT2D eigenvalue weighted by molar-refractivity contribution is 7.89. The predicted molar refractivity (Wildman–Crippen MR) is 107 cm³/mol. The van der Waals surface area contributed by atoms with Gasteiger partial charge < -0.3 is 15.4 Å². The van der Waals surface area contributed by atoms with Gasteiger partial charge in [-0.05, 0) is 55.5 Å². The van der Waals surface area contributed by atoms with Gasteiger partial charge in [0, 0.05) is 30.0 Å². The summed E-state index contributed by atoms with van der Waals surface area (Å²) in [4.78, 5) is 0.217. The number of nitrogens with one attached hydrogen (secondary N) is 2. The van der Waals surface area contributed by atoms with E-state index in [1.54, 1.807) is 31.2 Å². The smallest absolute Gasteiger partial charge is 0.243 e. The van der Waals surface area contributed by atoms with Crippen molar-refractivity contribution in [2.24, 2.45) is 0 Å². The molecule has 0 atom stereocenters. The summed E-state index contributed by atoms with van der Waals surface area (Å²) in [6.07, 6.45) is 0. The molecule has 1 heterocycles. The first-order chi connectivity index (χ1) is 12.9. The first kappa shape index (κ1) is 19.7. The van der Waals surface area contributed by atoms with E-state index in [1.165, 1.54) is 22.5 Å². The van der Waals surface area contributed by atoms with Gasteiger partial charge in [-0.1, -0.05) is 6.07 Å². The van der Waals surface area contributed by atoms with Gasteiger partial charge in [0.05, 0.1) is 18.1 Å². The van der Waals surface area contributed by atoms with Gasteiger partial charge in [0.2, 0.25) is 10.0 Å². The van der Waals surface area contributed by atoms with Crippen LogP contribution in [0.5, 0.6) is 0 Å². The van der Waals surface area contributed by atoms with Crippen molar-refractivity contribution < 1.29 is 17.5 Å². The Morgan fingerprint density at radius 1 is 1.11 bits per heavy atom. The molecular formula is C18H20FN3O3S2. The van der Waals surface area contributed by atoms with E-state index in [-0.39, 0.29) is 15.8 Å². The third kappa shape index (κ3) is 4.62. The number of hydrogen-bond donors (Lipinski definition) is 2. The molecule has 0 saturated carbocycles. The minimum Gasteiger partial charge on any atom is -0.379 e. The number of hydrogen-bond acceptors (Lipinski definition) is 4. The molecule has 2 N–H and O–H groups in total. The number of morpholine rings is 1. The van der Waals surface area contributed by atoms with Crippen LogP contribution in [0, 0.1) is 12.7 Å². The summed E-state index contributed by atoms with van der Waals surface area (Å²) in [5, 5.41) is 6.19. The molecule has 0 aromatic heterocycles. The summed E-state index contributed by atoms with van der Waals surface area (Å²) >= 11 is 5.24. The average molecular weight is 410 g/mol. The molecule has 0 radical (unpaired) electrons. The Bertz CT molecular complexity index is 927. The summed E-state index contributed by atoms with van der Waals surface area (Å²) in [6.45, 7) is 3.16. The molecule has 0 unspecified atom stereocenters. The van der Waals surface area contributed by atoms with Crippen molar-refractivity contribution in [3.63, 3.8) is 0 Å². The van der Waals surface area contributed by atoms with Gasteiger partial charge in [0.1, 0.15) is 5.82 Å². The second-order valence-electron chi connectivity index (χ2n) is 6.03. The van der Waals surface area contributed by atoms with E-state index in [0.29, 0.717) is 43.2 Å². The monoisotopic (exact) mass is 409 g/mol. The molecule has 144 valence electrons. The number of nitrogens with zero attached hydrogens (tertiary/aromatic N) is 1. The second kappa shape index (κ2) is 8.30. The topological polar surface area (TPSA) is 70.7 Å². The van der Waals surface area contributed by atoms with Crippen molar-refractivity contribution in [1.82, 2.24) is 4.31 Å². The summed E-state index contributed by atoms with van der Waals surface area (Å²) in [5.41, 5.74) is 1.66. The van der Waals surface area contributed by atoms with E-state index >= 15 is 0 Å². The SMILES string of the molecule is Cc1c(F)cccc1NC(=S)Nc1ccc(S(=O)(=O)N2CCOCC2)cc1. The highest BCUT2D eigenvalue weighted by Gasteiger charge is 2.26. The van der Waals surface area contributed by atoms with Crippen LogP contribution in [0.15, 0.2) is 47.4 Å². The fourth-order valence-electron chi connectivity index (χ4n) is 2.67. The van der Waals surface area contributed by atoms with E-state index in [4.69, 9.17) is 17.0 Å². The predicted octanol–water partition coefficient (Wildman–Crippen LogP) is 2.96. The molecule has 0 bridgehead atoms. The lowest BCUT2D eigenvalue weighted by atomic mass is 10.2. The van der Waals surface area contributed by atoms with Crippen molar-refractivity contribution in [3.05, 3.63) is 53.8 Å². The fraction of sp³-hybridized carbons (Fsp3) is 0.278. The highest BCUT2D eigenvalue weighted by atomic mass is 32.2. The summed E-state index contributed by atoms with van der Waals surface area (Å²) in [5.74, 6) is -0.319. The normalized spacial score (nSPS) is 15.3. The first-order valence-electron chi connectivity index (χ1n) is 8.39. The number of ether oxygens (including phenoxy) is 1. The number of rotatable bonds is 4. The van der Waals surface area contributed by atoms with E-state index < -0.39 is 10.0 Å². The molecule has 6 nitrogen and oxygen atoms in total. The minimum absolute atomic E-state index is 0.217. The van der Waals surface area contributed by atoms with E-state index in [2.05, 4.69) is 10.6 Å².